The molecule has 1 heterocycles. The lowest BCUT2D eigenvalue weighted by Gasteiger charge is -2.22. The number of hydrogen-bond donors (Lipinski definition) is 1. The van der Waals surface area contributed by atoms with Crippen LogP contribution in [0.2, 0.25) is 0 Å². The Morgan fingerprint density at radius 1 is 0.688 bits per heavy atom. The van der Waals surface area contributed by atoms with Gasteiger partial charge in [0.2, 0.25) is 0 Å². The highest BCUT2D eigenvalue weighted by Gasteiger charge is 2.10. The summed E-state index contributed by atoms with van der Waals surface area (Å²) in [5, 5.41) is 3.98. The number of para-hydroxylation sites is 1. The van der Waals surface area contributed by atoms with E-state index in [4.69, 9.17) is 0 Å². The van der Waals surface area contributed by atoms with Gasteiger partial charge in [-0.15, -0.1) is 0 Å². The molecule has 0 spiro atoms. The number of nitrogens with one attached hydrogen (secondary N) is 1. The quantitative estimate of drug-likeness (QED) is 0.286. The molecule has 32 heavy (non-hydrogen) atoms. The molecule has 0 aliphatic carbocycles. The van der Waals surface area contributed by atoms with Crippen LogP contribution < -0.4 is 0 Å². The maximum absolute atomic E-state index is 3.42. The molecule has 0 aliphatic rings. The van der Waals surface area contributed by atoms with Crippen molar-refractivity contribution in [2.24, 2.45) is 0 Å². The first-order chi connectivity index (χ1) is 15.9. The summed E-state index contributed by atoms with van der Waals surface area (Å²) in [6.45, 7) is 2.85. The Kier molecular flexibility index (Phi) is 6.13. The van der Waals surface area contributed by atoms with Crippen LogP contribution in [-0.4, -0.2) is 23.0 Å². The lowest BCUT2D eigenvalue weighted by atomic mass is 10.0. The Labute approximate surface area is 189 Å². The fourth-order valence-electron chi connectivity index (χ4n) is 4.43. The molecule has 0 aliphatic heterocycles. The Morgan fingerprint density at radius 2 is 1.44 bits per heavy atom. The summed E-state index contributed by atoms with van der Waals surface area (Å²) >= 11 is 0. The van der Waals surface area contributed by atoms with Gasteiger partial charge >= 0.3 is 0 Å². The standard InChI is InChI=1S/C30H28N2/c1-2-10-24(11-3-1)12-9-20-32(21-19-26-22-31-30-18-7-6-17-29(26)30)23-27-15-8-14-25-13-4-5-16-28(25)27/h1-18,22,31H,19-21,23H2/b12-9+. The zero-order chi connectivity index (χ0) is 21.6. The van der Waals surface area contributed by atoms with E-state index in [2.05, 4.69) is 125 Å². The van der Waals surface area contributed by atoms with E-state index in [1.807, 2.05) is 0 Å². The van der Waals surface area contributed by atoms with Gasteiger partial charge in [-0.25, -0.2) is 0 Å². The summed E-state index contributed by atoms with van der Waals surface area (Å²) in [7, 11) is 0. The molecule has 4 aromatic carbocycles. The van der Waals surface area contributed by atoms with Crippen molar-refractivity contribution < 1.29 is 0 Å². The zero-order valence-electron chi connectivity index (χ0n) is 18.2. The lowest BCUT2D eigenvalue weighted by Crippen LogP contribution is -2.26. The highest BCUT2D eigenvalue weighted by Crippen LogP contribution is 2.22. The largest absolute Gasteiger partial charge is 0.361 e. The van der Waals surface area contributed by atoms with Crippen LogP contribution in [-0.2, 0) is 13.0 Å². The molecule has 1 N–H and O–H groups in total. The number of nitrogens with zero attached hydrogens (tertiary/aromatic N) is 1. The van der Waals surface area contributed by atoms with E-state index in [1.165, 1.54) is 38.4 Å². The second kappa shape index (κ2) is 9.67. The van der Waals surface area contributed by atoms with E-state index >= 15 is 0 Å². The smallest absolute Gasteiger partial charge is 0.0456 e. The number of hydrogen-bond acceptors (Lipinski definition) is 1. The van der Waals surface area contributed by atoms with E-state index < -0.39 is 0 Å². The SMILES string of the molecule is C(=C\c1ccccc1)/CN(CCc1c[nH]c2ccccc12)Cc1cccc2ccccc12. The number of fused-ring (bicyclic) bond motifs is 2. The van der Waals surface area contributed by atoms with Gasteiger partial charge in [-0.3, -0.25) is 4.90 Å². The van der Waals surface area contributed by atoms with E-state index in [0.29, 0.717) is 0 Å². The normalized spacial score (nSPS) is 11.8. The Morgan fingerprint density at radius 3 is 2.34 bits per heavy atom. The monoisotopic (exact) mass is 416 g/mol. The van der Waals surface area contributed by atoms with E-state index in [9.17, 15) is 0 Å². The first-order valence-electron chi connectivity index (χ1n) is 11.3. The molecule has 0 atom stereocenters. The van der Waals surface area contributed by atoms with Crippen LogP contribution in [0.4, 0.5) is 0 Å². The minimum atomic E-state index is 0.917. The summed E-state index contributed by atoms with van der Waals surface area (Å²) in [6.07, 6.45) is 7.70. The van der Waals surface area contributed by atoms with Crippen molar-refractivity contribution in [3.8, 4) is 0 Å². The number of aromatic amines is 1. The number of benzene rings is 4. The van der Waals surface area contributed by atoms with Crippen molar-refractivity contribution in [1.29, 1.82) is 0 Å². The maximum Gasteiger partial charge on any atom is 0.0456 e. The number of aromatic nitrogens is 1. The summed E-state index contributed by atoms with van der Waals surface area (Å²) in [5.74, 6) is 0. The third kappa shape index (κ3) is 4.66. The van der Waals surface area contributed by atoms with Gasteiger partial charge in [-0.05, 0) is 39.9 Å². The average Bonchev–Trinajstić information content (AvgIpc) is 3.26. The second-order valence-electron chi connectivity index (χ2n) is 8.30. The molecule has 2 heteroatoms. The average molecular weight is 417 g/mol. The minimum absolute atomic E-state index is 0.917. The van der Waals surface area contributed by atoms with Gasteiger partial charge in [0.15, 0.2) is 0 Å². The predicted molar refractivity (Wildman–Crippen MR) is 137 cm³/mol. The van der Waals surface area contributed by atoms with E-state index in [-0.39, 0.29) is 0 Å². The molecule has 5 aromatic rings. The van der Waals surface area contributed by atoms with Gasteiger partial charge in [0.25, 0.3) is 0 Å². The Balaban J connectivity index is 1.37. The maximum atomic E-state index is 3.42. The zero-order valence-corrected chi connectivity index (χ0v) is 18.2. The van der Waals surface area contributed by atoms with Crippen molar-refractivity contribution in [3.63, 3.8) is 0 Å². The van der Waals surface area contributed by atoms with Crippen molar-refractivity contribution in [2.75, 3.05) is 13.1 Å². The molecule has 0 unspecified atom stereocenters. The van der Waals surface area contributed by atoms with Crippen molar-refractivity contribution in [3.05, 3.63) is 126 Å². The van der Waals surface area contributed by atoms with Gasteiger partial charge in [0.1, 0.15) is 0 Å². The third-order valence-electron chi connectivity index (χ3n) is 6.12. The van der Waals surface area contributed by atoms with Crippen LogP contribution in [0.15, 0.2) is 109 Å². The first-order valence-corrected chi connectivity index (χ1v) is 11.3. The number of rotatable bonds is 8. The molecular weight excluding hydrogens is 388 g/mol. The predicted octanol–water partition coefficient (Wildman–Crippen LogP) is 7.08. The van der Waals surface area contributed by atoms with Gasteiger partial charge in [-0.2, -0.15) is 0 Å². The Bertz CT molecular complexity index is 1330. The summed E-state index contributed by atoms with van der Waals surface area (Å²) in [5.41, 5.74) is 5.23. The molecule has 1 aromatic heterocycles. The van der Waals surface area contributed by atoms with Crippen LogP contribution in [0.5, 0.6) is 0 Å². The minimum Gasteiger partial charge on any atom is -0.361 e. The molecule has 158 valence electrons. The van der Waals surface area contributed by atoms with Crippen molar-refractivity contribution in [1.82, 2.24) is 9.88 Å². The van der Waals surface area contributed by atoms with Crippen LogP contribution in [0.1, 0.15) is 16.7 Å². The first kappa shape index (κ1) is 20.3. The van der Waals surface area contributed by atoms with Gasteiger partial charge in [-0.1, -0.05) is 103 Å². The van der Waals surface area contributed by atoms with Gasteiger partial charge < -0.3 is 4.98 Å². The molecule has 0 amide bonds. The molecule has 5 rings (SSSR count). The van der Waals surface area contributed by atoms with Gasteiger partial charge in [0.05, 0.1) is 0 Å². The summed E-state index contributed by atoms with van der Waals surface area (Å²) in [6, 6.07) is 34.4. The fourth-order valence-corrected chi connectivity index (χ4v) is 4.43. The molecule has 0 radical (unpaired) electrons. The van der Waals surface area contributed by atoms with Crippen LogP contribution in [0, 0.1) is 0 Å². The molecule has 0 bridgehead atoms. The van der Waals surface area contributed by atoms with Crippen LogP contribution >= 0.6 is 0 Å². The number of H-pyrrole nitrogens is 1. The summed E-state index contributed by atoms with van der Waals surface area (Å²) < 4.78 is 0. The van der Waals surface area contributed by atoms with E-state index in [0.717, 1.165) is 26.1 Å². The molecule has 0 fully saturated rings. The van der Waals surface area contributed by atoms with Crippen molar-refractivity contribution in [2.45, 2.75) is 13.0 Å². The highest BCUT2D eigenvalue weighted by atomic mass is 15.1. The molecular formula is C30H28N2. The van der Waals surface area contributed by atoms with Gasteiger partial charge in [0, 0.05) is 36.7 Å². The lowest BCUT2D eigenvalue weighted by molar-refractivity contribution is 0.300. The van der Waals surface area contributed by atoms with Crippen molar-refractivity contribution >= 4 is 27.8 Å². The summed E-state index contributed by atoms with van der Waals surface area (Å²) in [4.78, 5) is 5.96. The Hall–Kier alpha value is -3.62. The molecule has 2 nitrogen and oxygen atoms in total. The second-order valence-corrected chi connectivity index (χ2v) is 8.30. The topological polar surface area (TPSA) is 19.0 Å². The van der Waals surface area contributed by atoms with Crippen LogP contribution in [0.3, 0.4) is 0 Å². The van der Waals surface area contributed by atoms with Crippen LogP contribution in [0.25, 0.3) is 27.8 Å². The molecule has 0 saturated heterocycles. The molecule has 0 saturated carbocycles. The van der Waals surface area contributed by atoms with E-state index in [1.54, 1.807) is 0 Å². The fraction of sp³-hybridized carbons (Fsp3) is 0.133. The third-order valence-corrected chi connectivity index (χ3v) is 6.12. The highest BCUT2D eigenvalue weighted by molar-refractivity contribution is 5.85.